The van der Waals surface area contributed by atoms with Crippen molar-refractivity contribution in [3.05, 3.63) is 41.2 Å². The first kappa shape index (κ1) is 15.4. The van der Waals surface area contributed by atoms with E-state index in [1.54, 1.807) is 14.2 Å². The van der Waals surface area contributed by atoms with Crippen LogP contribution in [-0.2, 0) is 7.05 Å². The molecule has 0 bridgehead atoms. The van der Waals surface area contributed by atoms with Crippen LogP contribution in [-0.4, -0.2) is 30.5 Å². The van der Waals surface area contributed by atoms with E-state index in [0.717, 1.165) is 35.0 Å². The molecule has 114 valence electrons. The van der Waals surface area contributed by atoms with E-state index in [1.807, 2.05) is 30.8 Å². The van der Waals surface area contributed by atoms with Crippen LogP contribution in [0.2, 0.25) is 0 Å². The first-order chi connectivity index (χ1) is 10.1. The molecule has 2 aromatic rings. The predicted octanol–water partition coefficient (Wildman–Crippen LogP) is 2.44. The molecule has 0 aliphatic carbocycles. The van der Waals surface area contributed by atoms with Crippen molar-refractivity contribution in [3.63, 3.8) is 0 Å². The lowest BCUT2D eigenvalue weighted by Gasteiger charge is -2.20. The maximum absolute atomic E-state index is 5.40. The van der Waals surface area contributed by atoms with E-state index in [4.69, 9.17) is 9.47 Å². The lowest BCUT2D eigenvalue weighted by Crippen LogP contribution is -2.24. The van der Waals surface area contributed by atoms with Gasteiger partial charge in [-0.25, -0.2) is 0 Å². The first-order valence-electron chi connectivity index (χ1n) is 7.06. The maximum atomic E-state index is 5.40. The van der Waals surface area contributed by atoms with Crippen LogP contribution in [0.5, 0.6) is 11.5 Å². The minimum atomic E-state index is 0.0704. The van der Waals surface area contributed by atoms with Crippen molar-refractivity contribution < 1.29 is 9.47 Å². The third-order valence-electron chi connectivity index (χ3n) is 3.48. The lowest BCUT2D eigenvalue weighted by molar-refractivity contribution is 0.354. The van der Waals surface area contributed by atoms with Crippen molar-refractivity contribution in [2.24, 2.45) is 7.05 Å². The summed E-state index contributed by atoms with van der Waals surface area (Å²) < 4.78 is 12.6. The SMILES string of the molecule is CCNC(c1ccc(OC)c(OC)c1)c1cc(C)nn1C. The third-order valence-corrected chi connectivity index (χ3v) is 3.48. The molecule has 0 aliphatic heterocycles. The van der Waals surface area contributed by atoms with Gasteiger partial charge in [0, 0.05) is 7.05 Å². The Balaban J connectivity index is 2.45. The molecule has 0 amide bonds. The van der Waals surface area contributed by atoms with Crippen LogP contribution in [0.25, 0.3) is 0 Å². The molecule has 0 saturated carbocycles. The maximum Gasteiger partial charge on any atom is 0.161 e. The molecule has 0 spiro atoms. The number of hydrogen-bond donors (Lipinski definition) is 1. The van der Waals surface area contributed by atoms with Crippen LogP contribution in [0.4, 0.5) is 0 Å². The molecule has 5 nitrogen and oxygen atoms in total. The molecule has 1 unspecified atom stereocenters. The van der Waals surface area contributed by atoms with Crippen LogP contribution in [0.3, 0.4) is 0 Å². The molecule has 1 aromatic heterocycles. The molecular formula is C16H23N3O2. The summed E-state index contributed by atoms with van der Waals surface area (Å²) in [6, 6.07) is 8.16. The zero-order chi connectivity index (χ0) is 15.4. The number of rotatable bonds is 6. The van der Waals surface area contributed by atoms with Gasteiger partial charge < -0.3 is 14.8 Å². The molecule has 1 N–H and O–H groups in total. The van der Waals surface area contributed by atoms with Crippen molar-refractivity contribution in [1.29, 1.82) is 0 Å². The van der Waals surface area contributed by atoms with Gasteiger partial charge in [-0.3, -0.25) is 4.68 Å². The zero-order valence-electron chi connectivity index (χ0n) is 13.3. The van der Waals surface area contributed by atoms with Crippen molar-refractivity contribution >= 4 is 0 Å². The first-order valence-corrected chi connectivity index (χ1v) is 7.06. The van der Waals surface area contributed by atoms with E-state index in [9.17, 15) is 0 Å². The van der Waals surface area contributed by atoms with Gasteiger partial charge in [-0.2, -0.15) is 5.10 Å². The van der Waals surface area contributed by atoms with Gasteiger partial charge >= 0.3 is 0 Å². The number of nitrogens with zero attached hydrogens (tertiary/aromatic N) is 2. The Hall–Kier alpha value is -2.01. The Morgan fingerprint density at radius 2 is 1.90 bits per heavy atom. The normalized spacial score (nSPS) is 12.2. The summed E-state index contributed by atoms with van der Waals surface area (Å²) >= 11 is 0. The summed E-state index contributed by atoms with van der Waals surface area (Å²) in [6.45, 7) is 4.96. The van der Waals surface area contributed by atoms with Crippen LogP contribution in [0.15, 0.2) is 24.3 Å². The topological polar surface area (TPSA) is 48.3 Å². The summed E-state index contributed by atoms with van der Waals surface area (Å²) in [5.41, 5.74) is 3.26. The van der Waals surface area contributed by atoms with E-state index in [2.05, 4.69) is 29.5 Å². The Kier molecular flexibility index (Phi) is 4.85. The minimum Gasteiger partial charge on any atom is -0.493 e. The number of hydrogen-bond acceptors (Lipinski definition) is 4. The fourth-order valence-corrected chi connectivity index (χ4v) is 2.53. The van der Waals surface area contributed by atoms with Gasteiger partial charge in [-0.1, -0.05) is 13.0 Å². The smallest absolute Gasteiger partial charge is 0.161 e. The number of aromatic nitrogens is 2. The van der Waals surface area contributed by atoms with Gasteiger partial charge in [0.2, 0.25) is 0 Å². The Bertz CT molecular complexity index is 608. The fraction of sp³-hybridized carbons (Fsp3) is 0.438. The third kappa shape index (κ3) is 3.19. The van der Waals surface area contributed by atoms with E-state index in [0.29, 0.717) is 0 Å². The van der Waals surface area contributed by atoms with Gasteiger partial charge in [-0.05, 0) is 37.2 Å². The largest absolute Gasteiger partial charge is 0.493 e. The van der Waals surface area contributed by atoms with Crippen molar-refractivity contribution in [3.8, 4) is 11.5 Å². The van der Waals surface area contributed by atoms with Gasteiger partial charge in [0.25, 0.3) is 0 Å². The van der Waals surface area contributed by atoms with Crippen molar-refractivity contribution in [2.75, 3.05) is 20.8 Å². The van der Waals surface area contributed by atoms with E-state index < -0.39 is 0 Å². The summed E-state index contributed by atoms with van der Waals surface area (Å²) in [5.74, 6) is 1.47. The van der Waals surface area contributed by atoms with Crippen molar-refractivity contribution in [2.45, 2.75) is 19.9 Å². The number of ether oxygens (including phenoxy) is 2. The zero-order valence-corrected chi connectivity index (χ0v) is 13.3. The quantitative estimate of drug-likeness (QED) is 0.887. The second-order valence-corrected chi connectivity index (χ2v) is 4.94. The molecule has 1 atom stereocenters. The number of aryl methyl sites for hydroxylation is 2. The molecule has 0 fully saturated rings. The minimum absolute atomic E-state index is 0.0704. The van der Waals surface area contributed by atoms with Gasteiger partial charge in [-0.15, -0.1) is 0 Å². The molecule has 0 radical (unpaired) electrons. The van der Waals surface area contributed by atoms with Gasteiger partial charge in [0.05, 0.1) is 31.6 Å². The highest BCUT2D eigenvalue weighted by molar-refractivity contribution is 5.45. The number of nitrogens with one attached hydrogen (secondary N) is 1. The highest BCUT2D eigenvalue weighted by Gasteiger charge is 2.19. The average molecular weight is 289 g/mol. The van der Waals surface area contributed by atoms with E-state index in [-0.39, 0.29) is 6.04 Å². The molecule has 1 aromatic carbocycles. The van der Waals surface area contributed by atoms with Crippen LogP contribution < -0.4 is 14.8 Å². The molecule has 21 heavy (non-hydrogen) atoms. The van der Waals surface area contributed by atoms with Gasteiger partial charge in [0.1, 0.15) is 0 Å². The van der Waals surface area contributed by atoms with Crippen LogP contribution >= 0.6 is 0 Å². The summed E-state index contributed by atoms with van der Waals surface area (Å²) in [4.78, 5) is 0. The number of methoxy groups -OCH3 is 2. The van der Waals surface area contributed by atoms with Crippen LogP contribution in [0, 0.1) is 6.92 Å². The standard InChI is InChI=1S/C16H23N3O2/c1-6-17-16(13-9-11(2)18-19(13)3)12-7-8-14(20-4)15(10-12)21-5/h7-10,16-17H,6H2,1-5H3. The fourth-order valence-electron chi connectivity index (χ4n) is 2.53. The molecule has 0 aliphatic rings. The average Bonchev–Trinajstić information content (AvgIpc) is 2.82. The monoisotopic (exact) mass is 289 g/mol. The van der Waals surface area contributed by atoms with Gasteiger partial charge in [0.15, 0.2) is 11.5 Å². The molecule has 2 rings (SSSR count). The highest BCUT2D eigenvalue weighted by Crippen LogP contribution is 2.32. The predicted molar refractivity (Wildman–Crippen MR) is 83.0 cm³/mol. The van der Waals surface area contributed by atoms with Crippen LogP contribution in [0.1, 0.15) is 29.9 Å². The summed E-state index contributed by atoms with van der Waals surface area (Å²) in [5, 5.41) is 7.94. The Morgan fingerprint density at radius 3 is 2.43 bits per heavy atom. The molecule has 1 heterocycles. The van der Waals surface area contributed by atoms with Crippen molar-refractivity contribution in [1.82, 2.24) is 15.1 Å². The second kappa shape index (κ2) is 6.63. The summed E-state index contributed by atoms with van der Waals surface area (Å²) in [7, 11) is 5.26. The Labute approximate surface area is 125 Å². The Morgan fingerprint density at radius 1 is 1.19 bits per heavy atom. The lowest BCUT2D eigenvalue weighted by atomic mass is 10.0. The number of benzene rings is 1. The second-order valence-electron chi connectivity index (χ2n) is 4.94. The van der Waals surface area contributed by atoms with E-state index >= 15 is 0 Å². The molecular weight excluding hydrogens is 266 g/mol. The summed E-state index contributed by atoms with van der Waals surface area (Å²) in [6.07, 6.45) is 0. The van der Waals surface area contributed by atoms with E-state index in [1.165, 1.54) is 0 Å². The highest BCUT2D eigenvalue weighted by atomic mass is 16.5. The molecule has 5 heteroatoms. The molecule has 0 saturated heterocycles.